The number of benzene rings is 2. The Labute approximate surface area is 122 Å². The number of rotatable bonds is 3. The molecule has 1 nitrogen and oxygen atoms in total. The third-order valence-electron chi connectivity index (χ3n) is 2.70. The van der Waals surface area contributed by atoms with Crippen molar-refractivity contribution >= 4 is 31.9 Å². The summed E-state index contributed by atoms with van der Waals surface area (Å²) in [6.07, 6.45) is -0.167. The van der Waals surface area contributed by atoms with Crippen LogP contribution in [-0.2, 0) is 6.42 Å². The summed E-state index contributed by atoms with van der Waals surface area (Å²) < 4.78 is 14.4. The first kappa shape index (κ1) is 13.7. The van der Waals surface area contributed by atoms with E-state index in [0.29, 0.717) is 16.5 Å². The van der Waals surface area contributed by atoms with Crippen molar-refractivity contribution in [3.63, 3.8) is 0 Å². The van der Waals surface area contributed by atoms with Gasteiger partial charge in [-0.3, -0.25) is 0 Å². The van der Waals surface area contributed by atoms with Gasteiger partial charge in [0.1, 0.15) is 5.82 Å². The number of aliphatic hydroxyl groups excluding tert-OH is 1. The van der Waals surface area contributed by atoms with Gasteiger partial charge in [-0.25, -0.2) is 4.39 Å². The molecule has 0 spiro atoms. The lowest BCUT2D eigenvalue weighted by Gasteiger charge is -2.13. The van der Waals surface area contributed by atoms with Crippen LogP contribution >= 0.6 is 31.9 Å². The highest BCUT2D eigenvalue weighted by Crippen LogP contribution is 2.26. The molecule has 0 radical (unpaired) electrons. The molecule has 0 aliphatic carbocycles. The fraction of sp³-hybridized carbons (Fsp3) is 0.143. The first-order valence-electron chi connectivity index (χ1n) is 5.44. The Bertz CT molecular complexity index is 557. The molecule has 18 heavy (non-hydrogen) atoms. The SMILES string of the molecule is OC(Cc1ccccc1Br)c1ccc(F)c(Br)c1. The number of aliphatic hydroxyl groups is 1. The second-order valence-electron chi connectivity index (χ2n) is 3.98. The highest BCUT2D eigenvalue weighted by atomic mass is 79.9. The standard InChI is InChI=1S/C14H11Br2FO/c15-11-4-2-1-3-9(11)8-14(18)10-5-6-13(17)12(16)7-10/h1-7,14,18H,8H2. The van der Waals surface area contributed by atoms with Crippen LogP contribution in [0.2, 0.25) is 0 Å². The largest absolute Gasteiger partial charge is 0.388 e. The van der Waals surface area contributed by atoms with E-state index in [9.17, 15) is 9.50 Å². The molecule has 0 bridgehead atoms. The van der Waals surface area contributed by atoms with Crippen molar-refractivity contribution < 1.29 is 9.50 Å². The molecular formula is C14H11Br2FO. The quantitative estimate of drug-likeness (QED) is 0.831. The van der Waals surface area contributed by atoms with Gasteiger partial charge < -0.3 is 5.11 Å². The number of halogens is 3. The lowest BCUT2D eigenvalue weighted by Crippen LogP contribution is -2.02. The fourth-order valence-electron chi connectivity index (χ4n) is 1.71. The van der Waals surface area contributed by atoms with Crippen LogP contribution in [0.15, 0.2) is 51.4 Å². The Morgan fingerprint density at radius 2 is 1.78 bits per heavy atom. The summed E-state index contributed by atoms with van der Waals surface area (Å²) >= 11 is 6.56. The van der Waals surface area contributed by atoms with Crippen LogP contribution in [-0.4, -0.2) is 5.11 Å². The monoisotopic (exact) mass is 372 g/mol. The van der Waals surface area contributed by atoms with E-state index in [4.69, 9.17) is 0 Å². The van der Waals surface area contributed by atoms with Gasteiger partial charge in [0.05, 0.1) is 10.6 Å². The van der Waals surface area contributed by atoms with Gasteiger partial charge in [-0.1, -0.05) is 40.2 Å². The molecule has 1 unspecified atom stereocenters. The molecule has 0 heterocycles. The predicted molar refractivity (Wildman–Crippen MR) is 76.9 cm³/mol. The molecule has 0 aliphatic rings. The van der Waals surface area contributed by atoms with E-state index in [1.165, 1.54) is 6.07 Å². The molecular weight excluding hydrogens is 363 g/mol. The third-order valence-corrected chi connectivity index (χ3v) is 4.08. The first-order valence-corrected chi connectivity index (χ1v) is 7.03. The zero-order chi connectivity index (χ0) is 13.1. The lowest BCUT2D eigenvalue weighted by atomic mass is 10.0. The van der Waals surface area contributed by atoms with Crippen LogP contribution in [0.5, 0.6) is 0 Å². The van der Waals surface area contributed by atoms with E-state index >= 15 is 0 Å². The van der Waals surface area contributed by atoms with Crippen molar-refractivity contribution in [2.45, 2.75) is 12.5 Å². The summed E-state index contributed by atoms with van der Waals surface area (Å²) in [5.74, 6) is -0.327. The molecule has 4 heteroatoms. The molecule has 2 aromatic rings. The van der Waals surface area contributed by atoms with E-state index in [0.717, 1.165) is 10.0 Å². The van der Waals surface area contributed by atoms with Gasteiger partial charge in [-0.2, -0.15) is 0 Å². The second-order valence-corrected chi connectivity index (χ2v) is 5.69. The van der Waals surface area contributed by atoms with Gasteiger partial charge in [0.25, 0.3) is 0 Å². The lowest BCUT2D eigenvalue weighted by molar-refractivity contribution is 0.178. The molecule has 0 aromatic heterocycles. The Balaban J connectivity index is 2.19. The smallest absolute Gasteiger partial charge is 0.137 e. The molecule has 2 aromatic carbocycles. The molecule has 0 aliphatic heterocycles. The van der Waals surface area contributed by atoms with Crippen LogP contribution in [0.1, 0.15) is 17.2 Å². The maximum absolute atomic E-state index is 13.1. The maximum Gasteiger partial charge on any atom is 0.137 e. The summed E-state index contributed by atoms with van der Waals surface area (Å²) in [6.45, 7) is 0. The van der Waals surface area contributed by atoms with E-state index in [1.807, 2.05) is 24.3 Å². The summed E-state index contributed by atoms with van der Waals surface area (Å²) in [4.78, 5) is 0. The summed E-state index contributed by atoms with van der Waals surface area (Å²) in [6, 6.07) is 12.3. The fourth-order valence-corrected chi connectivity index (χ4v) is 2.55. The highest BCUT2D eigenvalue weighted by Gasteiger charge is 2.12. The first-order chi connectivity index (χ1) is 8.58. The Morgan fingerprint density at radius 3 is 2.44 bits per heavy atom. The molecule has 94 valence electrons. The molecule has 0 fully saturated rings. The zero-order valence-electron chi connectivity index (χ0n) is 9.41. The molecule has 0 saturated carbocycles. The Morgan fingerprint density at radius 1 is 1.06 bits per heavy atom. The molecule has 0 saturated heterocycles. The minimum absolute atomic E-state index is 0.327. The number of hydrogen-bond donors (Lipinski definition) is 1. The van der Waals surface area contributed by atoms with Crippen molar-refractivity contribution in [3.05, 3.63) is 68.4 Å². The van der Waals surface area contributed by atoms with E-state index in [1.54, 1.807) is 12.1 Å². The molecule has 1 atom stereocenters. The van der Waals surface area contributed by atoms with Crippen molar-refractivity contribution in [2.24, 2.45) is 0 Å². The van der Waals surface area contributed by atoms with Crippen LogP contribution in [0.4, 0.5) is 4.39 Å². The summed E-state index contributed by atoms with van der Waals surface area (Å²) in [5.41, 5.74) is 1.71. The Kier molecular flexibility index (Phi) is 4.54. The van der Waals surface area contributed by atoms with Crippen molar-refractivity contribution in [1.82, 2.24) is 0 Å². The minimum Gasteiger partial charge on any atom is -0.388 e. The van der Waals surface area contributed by atoms with Gasteiger partial charge in [0.15, 0.2) is 0 Å². The van der Waals surface area contributed by atoms with Crippen LogP contribution < -0.4 is 0 Å². The van der Waals surface area contributed by atoms with Crippen molar-refractivity contribution in [1.29, 1.82) is 0 Å². The van der Waals surface area contributed by atoms with Crippen LogP contribution in [0.3, 0.4) is 0 Å². The average molecular weight is 374 g/mol. The van der Waals surface area contributed by atoms with Gasteiger partial charge >= 0.3 is 0 Å². The van der Waals surface area contributed by atoms with E-state index < -0.39 is 6.10 Å². The van der Waals surface area contributed by atoms with Crippen LogP contribution in [0.25, 0.3) is 0 Å². The third kappa shape index (κ3) is 3.19. The van der Waals surface area contributed by atoms with Crippen molar-refractivity contribution in [2.75, 3.05) is 0 Å². The topological polar surface area (TPSA) is 20.2 Å². The highest BCUT2D eigenvalue weighted by molar-refractivity contribution is 9.10. The van der Waals surface area contributed by atoms with Gasteiger partial charge in [-0.15, -0.1) is 0 Å². The molecule has 2 rings (SSSR count). The number of hydrogen-bond acceptors (Lipinski definition) is 1. The second kappa shape index (κ2) is 5.95. The predicted octanol–water partition coefficient (Wildman–Crippen LogP) is 4.63. The van der Waals surface area contributed by atoms with Gasteiger partial charge in [-0.05, 0) is 45.3 Å². The van der Waals surface area contributed by atoms with E-state index in [-0.39, 0.29) is 5.82 Å². The van der Waals surface area contributed by atoms with E-state index in [2.05, 4.69) is 31.9 Å². The average Bonchev–Trinajstić information content (AvgIpc) is 2.35. The summed E-state index contributed by atoms with van der Waals surface area (Å²) in [7, 11) is 0. The van der Waals surface area contributed by atoms with Crippen LogP contribution in [0, 0.1) is 5.82 Å². The van der Waals surface area contributed by atoms with Crippen molar-refractivity contribution in [3.8, 4) is 0 Å². The Hall–Kier alpha value is -0.710. The summed E-state index contributed by atoms with van der Waals surface area (Å²) in [5, 5.41) is 10.1. The minimum atomic E-state index is -0.652. The van der Waals surface area contributed by atoms with Gasteiger partial charge in [0, 0.05) is 10.9 Å². The van der Waals surface area contributed by atoms with Gasteiger partial charge in [0.2, 0.25) is 0 Å². The normalized spacial score (nSPS) is 12.4. The maximum atomic E-state index is 13.1. The molecule has 0 amide bonds. The molecule has 1 N–H and O–H groups in total. The zero-order valence-corrected chi connectivity index (χ0v) is 12.6.